The zero-order chi connectivity index (χ0) is 14.6. The summed E-state index contributed by atoms with van der Waals surface area (Å²) in [7, 11) is 0. The van der Waals surface area contributed by atoms with Crippen LogP contribution in [0.25, 0.3) is 0 Å². The minimum absolute atomic E-state index is 0.360. The van der Waals surface area contributed by atoms with Crippen molar-refractivity contribution in [1.82, 2.24) is 20.4 Å². The summed E-state index contributed by atoms with van der Waals surface area (Å²) >= 11 is 6.10. The largest absolute Gasteiger partial charge is 0.385 e. The van der Waals surface area contributed by atoms with Gasteiger partial charge in [-0.25, -0.2) is 0 Å². The predicted molar refractivity (Wildman–Crippen MR) is 78.2 cm³/mol. The molecule has 1 aromatic heterocycles. The number of aromatic nitrogens is 2. The molecule has 1 saturated heterocycles. The van der Waals surface area contributed by atoms with E-state index in [9.17, 15) is 5.11 Å². The number of nitrogens with zero attached hydrogens (tertiary/aromatic N) is 2. The summed E-state index contributed by atoms with van der Waals surface area (Å²) in [6.07, 6.45) is 0. The number of hydrogen-bond donors (Lipinski definition) is 3. The Balaban J connectivity index is 1.77. The van der Waals surface area contributed by atoms with Crippen molar-refractivity contribution in [1.29, 1.82) is 0 Å². The normalized spacial score (nSPS) is 23.8. The van der Waals surface area contributed by atoms with Gasteiger partial charge in [0.2, 0.25) is 0 Å². The summed E-state index contributed by atoms with van der Waals surface area (Å²) < 4.78 is 7.26. The molecule has 2 rings (SSSR count). The van der Waals surface area contributed by atoms with Crippen LogP contribution in [-0.4, -0.2) is 59.9 Å². The van der Waals surface area contributed by atoms with E-state index in [0.29, 0.717) is 26.3 Å². The van der Waals surface area contributed by atoms with Gasteiger partial charge in [0.05, 0.1) is 36.2 Å². The molecule has 1 atom stereocenters. The highest BCUT2D eigenvalue weighted by molar-refractivity contribution is 6.31. The third-order valence-corrected chi connectivity index (χ3v) is 4.04. The van der Waals surface area contributed by atoms with E-state index in [2.05, 4.69) is 15.7 Å². The molecule has 1 aliphatic heterocycles. The van der Waals surface area contributed by atoms with Gasteiger partial charge in [-0.15, -0.1) is 0 Å². The Bertz CT molecular complexity index is 442. The minimum Gasteiger partial charge on any atom is -0.385 e. The molecule has 0 aromatic carbocycles. The number of hydrogen-bond acceptors (Lipinski definition) is 5. The fourth-order valence-corrected chi connectivity index (χ4v) is 2.43. The number of rotatable bonds is 5. The highest BCUT2D eigenvalue weighted by Gasteiger charge is 2.28. The number of halogens is 1. The van der Waals surface area contributed by atoms with Crippen LogP contribution in [-0.2, 0) is 11.3 Å². The molecule has 1 aromatic rings. The maximum Gasteiger partial charge on any atom is 0.113 e. The molecule has 0 saturated carbocycles. The first-order valence-electron chi connectivity index (χ1n) is 6.93. The molecule has 1 aliphatic rings. The maximum absolute atomic E-state index is 10.4. The van der Waals surface area contributed by atoms with Gasteiger partial charge in [0.25, 0.3) is 0 Å². The van der Waals surface area contributed by atoms with Crippen LogP contribution >= 0.6 is 11.6 Å². The lowest BCUT2D eigenvalue weighted by Gasteiger charge is -2.26. The number of aryl methyl sites for hydroxylation is 1. The van der Waals surface area contributed by atoms with Crippen LogP contribution < -0.4 is 10.6 Å². The maximum atomic E-state index is 10.4. The molecule has 1 fully saturated rings. The quantitative estimate of drug-likeness (QED) is 0.673. The molecule has 20 heavy (non-hydrogen) atoms. The lowest BCUT2D eigenvalue weighted by molar-refractivity contribution is -0.0262. The van der Waals surface area contributed by atoms with Crippen LogP contribution in [0.1, 0.15) is 11.4 Å². The summed E-state index contributed by atoms with van der Waals surface area (Å²) in [5.41, 5.74) is 0.983. The van der Waals surface area contributed by atoms with Gasteiger partial charge in [0, 0.05) is 26.2 Å². The minimum atomic E-state index is -0.844. The van der Waals surface area contributed by atoms with Gasteiger partial charge in [-0.1, -0.05) is 11.6 Å². The van der Waals surface area contributed by atoms with E-state index in [1.54, 1.807) is 0 Å². The third kappa shape index (κ3) is 3.93. The average molecular weight is 303 g/mol. The van der Waals surface area contributed by atoms with Crippen molar-refractivity contribution in [3.63, 3.8) is 0 Å². The lowest BCUT2D eigenvalue weighted by Crippen LogP contribution is -2.50. The fraction of sp³-hybridized carbons (Fsp3) is 0.769. The second-order valence-corrected chi connectivity index (χ2v) is 5.72. The van der Waals surface area contributed by atoms with Crippen LogP contribution in [0.5, 0.6) is 0 Å². The van der Waals surface area contributed by atoms with Crippen molar-refractivity contribution in [2.75, 3.05) is 39.4 Å². The first-order chi connectivity index (χ1) is 9.52. The molecule has 0 aliphatic carbocycles. The average Bonchev–Trinajstić information content (AvgIpc) is 2.61. The van der Waals surface area contributed by atoms with Gasteiger partial charge >= 0.3 is 0 Å². The number of β-amino-alcohol motifs (C(OH)–C–C–N with tert-alkyl or cyclic N) is 1. The Kier molecular flexibility index (Phi) is 5.40. The van der Waals surface area contributed by atoms with Crippen molar-refractivity contribution in [3.8, 4) is 0 Å². The highest BCUT2D eigenvalue weighted by Crippen LogP contribution is 2.18. The molecule has 0 spiro atoms. The van der Waals surface area contributed by atoms with E-state index >= 15 is 0 Å². The smallest absolute Gasteiger partial charge is 0.113 e. The van der Waals surface area contributed by atoms with Crippen LogP contribution in [0.4, 0.5) is 0 Å². The summed E-state index contributed by atoms with van der Waals surface area (Å²) in [5.74, 6) is 0. The molecule has 2 heterocycles. The second kappa shape index (κ2) is 6.87. The molecular weight excluding hydrogens is 280 g/mol. The molecule has 0 amide bonds. The Morgan fingerprint density at radius 1 is 1.55 bits per heavy atom. The molecular formula is C13H23ClN4O2. The van der Waals surface area contributed by atoms with Gasteiger partial charge in [-0.05, 0) is 13.8 Å². The van der Waals surface area contributed by atoms with Gasteiger partial charge in [-0.2, -0.15) is 5.10 Å². The van der Waals surface area contributed by atoms with E-state index in [4.69, 9.17) is 16.3 Å². The SMILES string of the molecule is Cc1nn(CCNC[C@@]2(O)CNCCOC2)c(C)c1Cl. The highest BCUT2D eigenvalue weighted by atomic mass is 35.5. The fourth-order valence-electron chi connectivity index (χ4n) is 2.29. The van der Waals surface area contributed by atoms with E-state index in [0.717, 1.165) is 36.0 Å². The first-order valence-corrected chi connectivity index (χ1v) is 7.31. The molecule has 114 valence electrons. The zero-order valence-electron chi connectivity index (χ0n) is 12.1. The Labute approximate surface area is 124 Å². The standard InChI is InChI=1S/C13H23ClN4O2/c1-10-12(14)11(2)18(17-10)5-3-15-7-13(19)8-16-4-6-20-9-13/h15-16,19H,3-9H2,1-2H3/t13-/m1/s1. The van der Waals surface area contributed by atoms with E-state index < -0.39 is 5.60 Å². The molecule has 3 N–H and O–H groups in total. The molecule has 0 unspecified atom stereocenters. The van der Waals surface area contributed by atoms with E-state index in [1.807, 2.05) is 18.5 Å². The van der Waals surface area contributed by atoms with Crippen molar-refractivity contribution in [2.24, 2.45) is 0 Å². The topological polar surface area (TPSA) is 71.3 Å². The van der Waals surface area contributed by atoms with Crippen molar-refractivity contribution in [2.45, 2.75) is 26.0 Å². The third-order valence-electron chi connectivity index (χ3n) is 3.50. The van der Waals surface area contributed by atoms with Gasteiger partial charge < -0.3 is 20.5 Å². The summed E-state index contributed by atoms with van der Waals surface area (Å²) in [5, 5.41) is 21.9. The first kappa shape index (κ1) is 15.7. The monoisotopic (exact) mass is 302 g/mol. The number of nitrogens with one attached hydrogen (secondary N) is 2. The van der Waals surface area contributed by atoms with Gasteiger partial charge in [0.1, 0.15) is 5.60 Å². The van der Waals surface area contributed by atoms with Crippen molar-refractivity contribution >= 4 is 11.6 Å². The second-order valence-electron chi connectivity index (χ2n) is 5.34. The summed E-state index contributed by atoms with van der Waals surface area (Å²) in [6, 6.07) is 0. The molecule has 6 nitrogen and oxygen atoms in total. The van der Waals surface area contributed by atoms with Gasteiger partial charge in [-0.3, -0.25) is 4.68 Å². The lowest BCUT2D eigenvalue weighted by atomic mass is 10.1. The van der Waals surface area contributed by atoms with Crippen molar-refractivity contribution in [3.05, 3.63) is 16.4 Å². The van der Waals surface area contributed by atoms with Crippen LogP contribution in [0, 0.1) is 13.8 Å². The Hall–Kier alpha value is -0.660. The van der Waals surface area contributed by atoms with Crippen LogP contribution in [0.2, 0.25) is 5.02 Å². The van der Waals surface area contributed by atoms with E-state index in [-0.39, 0.29) is 0 Å². The van der Waals surface area contributed by atoms with Crippen LogP contribution in [0.15, 0.2) is 0 Å². The van der Waals surface area contributed by atoms with Crippen molar-refractivity contribution < 1.29 is 9.84 Å². The zero-order valence-corrected chi connectivity index (χ0v) is 12.8. The van der Waals surface area contributed by atoms with Gasteiger partial charge in [0.15, 0.2) is 0 Å². The molecule has 0 radical (unpaired) electrons. The molecule has 7 heteroatoms. The van der Waals surface area contributed by atoms with Crippen LogP contribution in [0.3, 0.4) is 0 Å². The summed E-state index contributed by atoms with van der Waals surface area (Å²) in [6.45, 7) is 8.14. The number of aliphatic hydroxyl groups is 1. The Morgan fingerprint density at radius 3 is 3.05 bits per heavy atom. The van der Waals surface area contributed by atoms with E-state index in [1.165, 1.54) is 0 Å². The Morgan fingerprint density at radius 2 is 2.35 bits per heavy atom. The predicted octanol–water partition coefficient (Wildman–Crippen LogP) is 0.0938. The summed E-state index contributed by atoms with van der Waals surface area (Å²) in [4.78, 5) is 0. The molecule has 0 bridgehead atoms. The number of ether oxygens (including phenoxy) is 1.